The van der Waals surface area contributed by atoms with E-state index in [1.54, 1.807) is 13.8 Å². The third-order valence-corrected chi connectivity index (χ3v) is 4.82. The number of aliphatic hydroxyl groups is 1. The third kappa shape index (κ3) is 7.13. The van der Waals surface area contributed by atoms with Gasteiger partial charge in [-0.2, -0.15) is 0 Å². The number of aliphatic hydroxyl groups excluding tert-OH is 1. The van der Waals surface area contributed by atoms with Crippen molar-refractivity contribution >= 4 is 23.3 Å². The predicted molar refractivity (Wildman–Crippen MR) is 123 cm³/mol. The summed E-state index contributed by atoms with van der Waals surface area (Å²) in [5.74, 6) is -4.74. The lowest BCUT2D eigenvalue weighted by Gasteiger charge is -2.17. The van der Waals surface area contributed by atoms with E-state index in [0.717, 1.165) is 30.5 Å². The monoisotopic (exact) mass is 524 g/mol. The van der Waals surface area contributed by atoms with Gasteiger partial charge < -0.3 is 26.2 Å². The molecule has 0 saturated heterocycles. The van der Waals surface area contributed by atoms with Crippen molar-refractivity contribution in [1.29, 1.82) is 0 Å². The first-order chi connectivity index (χ1) is 17.2. The molecule has 2 aromatic carbocycles. The van der Waals surface area contributed by atoms with Gasteiger partial charge in [0.2, 0.25) is 0 Å². The number of amides is 2. The van der Waals surface area contributed by atoms with Crippen LogP contribution >= 0.6 is 0 Å². The molecule has 0 aliphatic rings. The van der Waals surface area contributed by atoms with Crippen LogP contribution in [0.4, 0.5) is 33.5 Å². The van der Waals surface area contributed by atoms with Gasteiger partial charge in [0.1, 0.15) is 23.2 Å². The molecular weight excluding hydrogens is 503 g/mol. The Morgan fingerprint density at radius 3 is 2.30 bits per heavy atom. The first kappa shape index (κ1) is 27.3. The Morgan fingerprint density at radius 1 is 1.05 bits per heavy atom. The van der Waals surface area contributed by atoms with E-state index < -0.39 is 47.2 Å². The van der Waals surface area contributed by atoms with Crippen LogP contribution in [0.25, 0.3) is 11.1 Å². The lowest BCUT2D eigenvalue weighted by molar-refractivity contribution is -0.274. The van der Waals surface area contributed by atoms with Gasteiger partial charge in [-0.05, 0) is 49.7 Å². The van der Waals surface area contributed by atoms with Gasteiger partial charge in [0.25, 0.3) is 11.8 Å². The highest BCUT2D eigenvalue weighted by Gasteiger charge is 2.33. The summed E-state index contributed by atoms with van der Waals surface area (Å²) in [5.41, 5.74) is 4.95. The Hall–Kier alpha value is -4.26. The van der Waals surface area contributed by atoms with Crippen LogP contribution < -0.4 is 21.1 Å². The summed E-state index contributed by atoms with van der Waals surface area (Å²) in [6, 6.07) is 6.16. The Bertz CT molecular complexity index is 1310. The number of carbonyl (C=O) groups excluding carboxylic acids is 2. The number of nitrogens with zero attached hydrogens (tertiary/aromatic N) is 1. The molecule has 8 nitrogen and oxygen atoms in total. The highest BCUT2D eigenvalue weighted by Crippen LogP contribution is 2.37. The molecule has 0 spiro atoms. The number of pyridine rings is 1. The van der Waals surface area contributed by atoms with Crippen molar-refractivity contribution < 1.29 is 41.4 Å². The largest absolute Gasteiger partial charge is 0.573 e. The number of rotatable bonds is 7. The van der Waals surface area contributed by atoms with E-state index >= 15 is 0 Å². The van der Waals surface area contributed by atoms with Crippen LogP contribution in [0.2, 0.25) is 0 Å². The van der Waals surface area contributed by atoms with Gasteiger partial charge in [-0.1, -0.05) is 0 Å². The van der Waals surface area contributed by atoms with Crippen LogP contribution in [0.15, 0.2) is 48.7 Å². The summed E-state index contributed by atoms with van der Waals surface area (Å²) in [6.07, 6.45) is -6.02. The van der Waals surface area contributed by atoms with Crippen LogP contribution in [0, 0.1) is 11.6 Å². The zero-order valence-electron chi connectivity index (χ0n) is 19.4. The SMILES string of the molecule is CC(C)NC(=O)c1cc(-c2ccc(NC(=O)[C@@H](O)c3cc(F)cc(F)c3)cc2OC(F)(F)F)cnc1N. The number of anilines is 2. The Morgan fingerprint density at radius 2 is 1.70 bits per heavy atom. The van der Waals surface area contributed by atoms with Crippen LogP contribution in [0.1, 0.15) is 35.9 Å². The first-order valence-corrected chi connectivity index (χ1v) is 10.6. The second-order valence-corrected chi connectivity index (χ2v) is 8.14. The fourth-order valence-corrected chi connectivity index (χ4v) is 3.29. The number of nitrogen functional groups attached to an aromatic ring is 1. The minimum atomic E-state index is -5.13. The van der Waals surface area contributed by atoms with Gasteiger partial charge in [0.05, 0.1) is 5.56 Å². The molecule has 0 bridgehead atoms. The molecule has 0 aliphatic heterocycles. The average Bonchev–Trinajstić information content (AvgIpc) is 2.77. The smallest absolute Gasteiger partial charge is 0.405 e. The lowest BCUT2D eigenvalue weighted by atomic mass is 10.0. The topological polar surface area (TPSA) is 127 Å². The first-order valence-electron chi connectivity index (χ1n) is 10.6. The molecule has 1 atom stereocenters. The molecule has 0 saturated carbocycles. The maximum absolute atomic E-state index is 13.4. The van der Waals surface area contributed by atoms with E-state index in [-0.39, 0.29) is 34.2 Å². The molecule has 1 aromatic heterocycles. The highest BCUT2D eigenvalue weighted by molar-refractivity contribution is 6.00. The molecule has 37 heavy (non-hydrogen) atoms. The number of alkyl halides is 3. The molecule has 196 valence electrons. The number of nitrogens with two attached hydrogens (primary N) is 1. The molecule has 1 heterocycles. The standard InChI is InChI=1S/C24H21F5N4O4/c1-11(2)32-22(35)18-7-13(10-31-21(18)30)17-4-3-16(9-19(17)37-24(27,28)29)33-23(36)20(34)12-5-14(25)8-15(26)6-12/h3-11,20,34H,1-2H3,(H2,30,31)(H,32,35)(H,33,36)/t20-/m0/s1. The van der Waals surface area contributed by atoms with E-state index in [0.29, 0.717) is 6.07 Å². The number of aromatic nitrogens is 1. The summed E-state index contributed by atoms with van der Waals surface area (Å²) in [6.45, 7) is 3.41. The summed E-state index contributed by atoms with van der Waals surface area (Å²) < 4.78 is 70.4. The summed E-state index contributed by atoms with van der Waals surface area (Å²) in [5, 5.41) is 14.9. The van der Waals surface area contributed by atoms with Gasteiger partial charge >= 0.3 is 6.36 Å². The molecule has 3 rings (SSSR count). The molecule has 3 aromatic rings. The van der Waals surface area contributed by atoms with Crippen molar-refractivity contribution in [3.05, 3.63) is 71.4 Å². The zero-order valence-corrected chi connectivity index (χ0v) is 19.4. The average molecular weight is 524 g/mol. The van der Waals surface area contributed by atoms with Crippen LogP contribution in [-0.4, -0.2) is 34.3 Å². The Labute approximate surface area is 207 Å². The molecule has 0 aliphatic carbocycles. The number of carbonyl (C=O) groups is 2. The van der Waals surface area contributed by atoms with Crippen molar-refractivity contribution in [2.75, 3.05) is 11.1 Å². The second kappa shape index (κ2) is 10.8. The van der Waals surface area contributed by atoms with Gasteiger partial charge in [-0.25, -0.2) is 13.8 Å². The van der Waals surface area contributed by atoms with Gasteiger partial charge in [-0.3, -0.25) is 9.59 Å². The van der Waals surface area contributed by atoms with Crippen molar-refractivity contribution in [2.24, 2.45) is 0 Å². The molecule has 13 heteroatoms. The van der Waals surface area contributed by atoms with E-state index in [1.807, 2.05) is 0 Å². The van der Waals surface area contributed by atoms with Crippen LogP contribution in [-0.2, 0) is 4.79 Å². The van der Waals surface area contributed by atoms with E-state index in [2.05, 4.69) is 20.4 Å². The zero-order chi connectivity index (χ0) is 27.5. The molecular formula is C24H21F5N4O4. The summed E-state index contributed by atoms with van der Waals surface area (Å²) in [7, 11) is 0. The molecule has 0 unspecified atom stereocenters. The number of nitrogens with one attached hydrogen (secondary N) is 2. The van der Waals surface area contributed by atoms with Crippen molar-refractivity contribution in [2.45, 2.75) is 32.4 Å². The van der Waals surface area contributed by atoms with Crippen molar-refractivity contribution in [1.82, 2.24) is 10.3 Å². The summed E-state index contributed by atoms with van der Waals surface area (Å²) in [4.78, 5) is 28.7. The minimum absolute atomic E-state index is 0.0514. The lowest BCUT2D eigenvalue weighted by Crippen LogP contribution is -2.30. The second-order valence-electron chi connectivity index (χ2n) is 8.14. The molecule has 0 fully saturated rings. The number of benzene rings is 2. The highest BCUT2D eigenvalue weighted by atomic mass is 19.4. The fourth-order valence-electron chi connectivity index (χ4n) is 3.29. The predicted octanol–water partition coefficient (Wildman–Crippen LogP) is 4.32. The van der Waals surface area contributed by atoms with Crippen molar-refractivity contribution in [3.8, 4) is 16.9 Å². The molecule has 5 N–H and O–H groups in total. The number of halogens is 5. The van der Waals surface area contributed by atoms with Gasteiger partial charge in [0.15, 0.2) is 6.10 Å². The normalized spacial score (nSPS) is 12.2. The van der Waals surface area contributed by atoms with Gasteiger partial charge in [0, 0.05) is 41.2 Å². The maximum atomic E-state index is 13.4. The minimum Gasteiger partial charge on any atom is -0.405 e. The maximum Gasteiger partial charge on any atom is 0.573 e. The number of hydrogen-bond acceptors (Lipinski definition) is 6. The van der Waals surface area contributed by atoms with E-state index in [4.69, 9.17) is 5.73 Å². The Balaban J connectivity index is 1.96. The quantitative estimate of drug-likeness (QED) is 0.341. The van der Waals surface area contributed by atoms with E-state index in [1.165, 1.54) is 12.1 Å². The fraction of sp³-hybridized carbons (Fsp3) is 0.208. The molecule has 2 amide bonds. The van der Waals surface area contributed by atoms with Crippen LogP contribution in [0.5, 0.6) is 5.75 Å². The number of hydrogen-bond donors (Lipinski definition) is 4. The van der Waals surface area contributed by atoms with E-state index in [9.17, 15) is 36.6 Å². The van der Waals surface area contributed by atoms with Crippen molar-refractivity contribution in [3.63, 3.8) is 0 Å². The summed E-state index contributed by atoms with van der Waals surface area (Å²) >= 11 is 0. The van der Waals surface area contributed by atoms with Crippen LogP contribution in [0.3, 0.4) is 0 Å². The van der Waals surface area contributed by atoms with Gasteiger partial charge in [-0.15, -0.1) is 13.2 Å². The Kier molecular flexibility index (Phi) is 7.96. The number of ether oxygens (including phenoxy) is 1. The third-order valence-electron chi connectivity index (χ3n) is 4.82. The molecule has 0 radical (unpaired) electrons.